The van der Waals surface area contributed by atoms with Crippen molar-refractivity contribution in [2.45, 2.75) is 0 Å². The van der Waals surface area contributed by atoms with Gasteiger partial charge < -0.3 is 10.1 Å². The second-order valence-corrected chi connectivity index (χ2v) is 4.38. The maximum atomic E-state index is 11.9. The highest BCUT2D eigenvalue weighted by atomic mass is 16.6. The minimum atomic E-state index is -0.921. The van der Waals surface area contributed by atoms with Crippen molar-refractivity contribution in [3.63, 3.8) is 0 Å². The highest BCUT2D eigenvalue weighted by Crippen LogP contribution is 2.35. The number of nitrogens with zero attached hydrogens (tertiary/aromatic N) is 2. The topological polar surface area (TPSA) is 125 Å². The molecule has 23 heavy (non-hydrogen) atoms. The SMILES string of the molecule is COC(=O)c1cc([N+](=O)[O-])cc([N+](=O)[O-])c1Nc1ccccc1. The van der Waals surface area contributed by atoms with Gasteiger partial charge in [-0.1, -0.05) is 18.2 Å². The number of nitrogens with one attached hydrogen (secondary N) is 1. The Balaban J connectivity index is 2.67. The molecule has 2 aromatic carbocycles. The Morgan fingerprint density at radius 3 is 2.26 bits per heavy atom. The van der Waals surface area contributed by atoms with Gasteiger partial charge in [-0.05, 0) is 12.1 Å². The molecule has 2 aromatic rings. The van der Waals surface area contributed by atoms with Crippen molar-refractivity contribution in [3.8, 4) is 0 Å². The number of carbonyl (C=O) groups is 1. The molecule has 0 atom stereocenters. The molecule has 0 unspecified atom stereocenters. The number of esters is 1. The van der Waals surface area contributed by atoms with E-state index in [0.717, 1.165) is 19.2 Å². The molecule has 9 nitrogen and oxygen atoms in total. The third-order valence-corrected chi connectivity index (χ3v) is 2.96. The zero-order chi connectivity index (χ0) is 17.0. The Morgan fingerprint density at radius 1 is 1.09 bits per heavy atom. The first-order valence-electron chi connectivity index (χ1n) is 6.31. The van der Waals surface area contributed by atoms with Gasteiger partial charge in [-0.15, -0.1) is 0 Å². The Hall–Kier alpha value is -3.49. The fourth-order valence-corrected chi connectivity index (χ4v) is 1.93. The van der Waals surface area contributed by atoms with Crippen molar-refractivity contribution in [2.24, 2.45) is 0 Å². The van der Waals surface area contributed by atoms with E-state index in [9.17, 15) is 25.0 Å². The fraction of sp³-hybridized carbons (Fsp3) is 0.0714. The lowest BCUT2D eigenvalue weighted by Crippen LogP contribution is -2.09. The number of carbonyl (C=O) groups excluding carboxylic acids is 1. The second kappa shape index (κ2) is 6.52. The summed E-state index contributed by atoms with van der Waals surface area (Å²) in [5, 5.41) is 24.9. The summed E-state index contributed by atoms with van der Waals surface area (Å²) in [5.74, 6) is -0.921. The smallest absolute Gasteiger partial charge is 0.340 e. The molecule has 0 bridgehead atoms. The summed E-state index contributed by atoms with van der Waals surface area (Å²) in [5.41, 5.74) is -1.15. The molecule has 0 aliphatic rings. The molecule has 0 aromatic heterocycles. The molecule has 0 aliphatic heterocycles. The molecule has 9 heteroatoms. The quantitative estimate of drug-likeness (QED) is 0.510. The van der Waals surface area contributed by atoms with Gasteiger partial charge in [-0.25, -0.2) is 4.79 Å². The Kier molecular flexibility index (Phi) is 4.50. The van der Waals surface area contributed by atoms with Crippen LogP contribution in [0.25, 0.3) is 0 Å². The summed E-state index contributed by atoms with van der Waals surface area (Å²) >= 11 is 0. The summed E-state index contributed by atoms with van der Waals surface area (Å²) in [6.45, 7) is 0. The van der Waals surface area contributed by atoms with Crippen LogP contribution >= 0.6 is 0 Å². The minimum absolute atomic E-state index is 0.168. The molecule has 0 amide bonds. The maximum Gasteiger partial charge on any atom is 0.340 e. The summed E-state index contributed by atoms with van der Waals surface area (Å²) in [4.78, 5) is 32.4. The first-order valence-corrected chi connectivity index (χ1v) is 6.31. The number of rotatable bonds is 5. The Bertz CT molecular complexity index is 776. The normalized spacial score (nSPS) is 9.96. The molecular formula is C14H11N3O6. The number of para-hydroxylation sites is 1. The molecule has 0 saturated carbocycles. The van der Waals surface area contributed by atoms with Crippen LogP contribution in [0.5, 0.6) is 0 Å². The largest absolute Gasteiger partial charge is 0.465 e. The number of nitro benzene ring substituents is 2. The number of methoxy groups -OCH3 is 1. The number of benzene rings is 2. The standard InChI is InChI=1S/C14H11N3O6/c1-23-14(18)11-7-10(16(19)20)8-12(17(21)22)13(11)15-9-5-3-2-4-6-9/h2-8,15H,1H3. The van der Waals surface area contributed by atoms with Gasteiger partial charge in [0.2, 0.25) is 0 Å². The number of anilines is 2. The van der Waals surface area contributed by atoms with E-state index in [2.05, 4.69) is 10.1 Å². The summed E-state index contributed by atoms with van der Waals surface area (Å²) in [6.07, 6.45) is 0. The zero-order valence-corrected chi connectivity index (χ0v) is 11.9. The lowest BCUT2D eigenvalue weighted by atomic mass is 10.1. The van der Waals surface area contributed by atoms with Gasteiger partial charge in [0, 0.05) is 11.8 Å². The van der Waals surface area contributed by atoms with Crippen molar-refractivity contribution in [1.29, 1.82) is 0 Å². The predicted octanol–water partition coefficient (Wildman–Crippen LogP) is 3.03. The highest BCUT2D eigenvalue weighted by molar-refractivity contribution is 6.00. The maximum absolute atomic E-state index is 11.9. The van der Waals surface area contributed by atoms with E-state index in [4.69, 9.17) is 0 Å². The molecule has 0 aliphatic carbocycles. The van der Waals surface area contributed by atoms with E-state index < -0.39 is 27.2 Å². The lowest BCUT2D eigenvalue weighted by molar-refractivity contribution is -0.393. The van der Waals surface area contributed by atoms with Crippen molar-refractivity contribution in [3.05, 3.63) is 68.3 Å². The summed E-state index contributed by atoms with van der Waals surface area (Å²) in [6, 6.07) is 10.1. The number of hydrogen-bond acceptors (Lipinski definition) is 7. The van der Waals surface area contributed by atoms with E-state index in [1.807, 2.05) is 0 Å². The number of hydrogen-bond donors (Lipinski definition) is 1. The lowest BCUT2D eigenvalue weighted by Gasteiger charge is -2.11. The van der Waals surface area contributed by atoms with Crippen LogP contribution in [-0.2, 0) is 4.74 Å². The average molecular weight is 317 g/mol. The van der Waals surface area contributed by atoms with E-state index in [1.165, 1.54) is 0 Å². The van der Waals surface area contributed by atoms with Crippen LogP contribution in [-0.4, -0.2) is 22.9 Å². The van der Waals surface area contributed by atoms with Crippen molar-refractivity contribution < 1.29 is 19.4 Å². The van der Waals surface area contributed by atoms with Crippen LogP contribution in [0.1, 0.15) is 10.4 Å². The first-order chi connectivity index (χ1) is 10.9. The van der Waals surface area contributed by atoms with Gasteiger partial charge in [-0.2, -0.15) is 0 Å². The first kappa shape index (κ1) is 15.9. The van der Waals surface area contributed by atoms with Gasteiger partial charge in [-0.3, -0.25) is 20.2 Å². The van der Waals surface area contributed by atoms with E-state index in [-0.39, 0.29) is 11.3 Å². The molecule has 0 radical (unpaired) electrons. The van der Waals surface area contributed by atoms with E-state index in [1.54, 1.807) is 30.3 Å². The van der Waals surface area contributed by atoms with Crippen molar-refractivity contribution >= 4 is 28.7 Å². The van der Waals surface area contributed by atoms with Gasteiger partial charge in [0.05, 0.1) is 28.6 Å². The van der Waals surface area contributed by atoms with E-state index >= 15 is 0 Å². The molecule has 118 valence electrons. The predicted molar refractivity (Wildman–Crippen MR) is 80.8 cm³/mol. The third-order valence-electron chi connectivity index (χ3n) is 2.96. The van der Waals surface area contributed by atoms with Crippen LogP contribution in [0, 0.1) is 20.2 Å². The van der Waals surface area contributed by atoms with Crippen LogP contribution in [0.3, 0.4) is 0 Å². The molecule has 0 fully saturated rings. The number of non-ortho nitro benzene ring substituents is 1. The highest BCUT2D eigenvalue weighted by Gasteiger charge is 2.28. The van der Waals surface area contributed by atoms with E-state index in [0.29, 0.717) is 5.69 Å². The number of nitro groups is 2. The van der Waals surface area contributed by atoms with Crippen LogP contribution in [0.4, 0.5) is 22.7 Å². The Labute approximate surface area is 129 Å². The van der Waals surface area contributed by atoms with Gasteiger partial charge in [0.15, 0.2) is 0 Å². The fourth-order valence-electron chi connectivity index (χ4n) is 1.93. The van der Waals surface area contributed by atoms with Crippen molar-refractivity contribution in [2.75, 3.05) is 12.4 Å². The zero-order valence-electron chi connectivity index (χ0n) is 11.9. The average Bonchev–Trinajstić information content (AvgIpc) is 2.54. The van der Waals surface area contributed by atoms with Crippen LogP contribution in [0.15, 0.2) is 42.5 Å². The molecule has 1 N–H and O–H groups in total. The summed E-state index contributed by atoms with van der Waals surface area (Å²) < 4.78 is 4.56. The molecule has 2 rings (SSSR count). The third kappa shape index (κ3) is 3.40. The van der Waals surface area contributed by atoms with Gasteiger partial charge >= 0.3 is 5.97 Å². The Morgan fingerprint density at radius 2 is 1.74 bits per heavy atom. The second-order valence-electron chi connectivity index (χ2n) is 4.38. The van der Waals surface area contributed by atoms with Gasteiger partial charge in [0.25, 0.3) is 11.4 Å². The molecular weight excluding hydrogens is 306 g/mol. The van der Waals surface area contributed by atoms with Crippen LogP contribution in [0.2, 0.25) is 0 Å². The molecule has 0 spiro atoms. The van der Waals surface area contributed by atoms with Gasteiger partial charge in [0.1, 0.15) is 5.69 Å². The van der Waals surface area contributed by atoms with Crippen LogP contribution < -0.4 is 5.32 Å². The monoisotopic (exact) mass is 317 g/mol. The summed E-state index contributed by atoms with van der Waals surface area (Å²) in [7, 11) is 1.08. The number of ether oxygens (including phenoxy) is 1. The molecule has 0 heterocycles. The van der Waals surface area contributed by atoms with Crippen molar-refractivity contribution in [1.82, 2.24) is 0 Å². The molecule has 0 saturated heterocycles. The minimum Gasteiger partial charge on any atom is -0.465 e.